The van der Waals surface area contributed by atoms with E-state index in [1.54, 1.807) is 0 Å². The third-order valence-corrected chi connectivity index (χ3v) is 4.18. The number of anilines is 1. The van der Waals surface area contributed by atoms with Gasteiger partial charge >= 0.3 is 0 Å². The summed E-state index contributed by atoms with van der Waals surface area (Å²) in [5.74, 6) is 0.0577. The number of carbonyl (C=O) groups excluding carboxylic acids is 1. The van der Waals surface area contributed by atoms with E-state index in [1.807, 2.05) is 54.6 Å². The Balaban J connectivity index is 1.65. The molecule has 1 N–H and O–H groups in total. The van der Waals surface area contributed by atoms with Crippen LogP contribution in [0.15, 0.2) is 54.6 Å². The van der Waals surface area contributed by atoms with Crippen LogP contribution >= 0.6 is 0 Å². The fraction of sp³-hybridized carbons (Fsp3) is 0.263. The van der Waals surface area contributed by atoms with Gasteiger partial charge in [-0.1, -0.05) is 30.3 Å². The summed E-state index contributed by atoms with van der Waals surface area (Å²) >= 11 is 0. The van der Waals surface area contributed by atoms with Gasteiger partial charge in [-0.15, -0.1) is 0 Å². The lowest BCUT2D eigenvalue weighted by Gasteiger charge is -2.23. The number of para-hydroxylation sites is 1. The van der Waals surface area contributed by atoms with Crippen LogP contribution in [0.25, 0.3) is 0 Å². The van der Waals surface area contributed by atoms with E-state index < -0.39 is 0 Å². The van der Waals surface area contributed by atoms with E-state index in [2.05, 4.69) is 16.3 Å². The van der Waals surface area contributed by atoms with Gasteiger partial charge in [-0.3, -0.25) is 9.69 Å². The third kappa shape index (κ3) is 3.77. The van der Waals surface area contributed by atoms with Gasteiger partial charge in [0.05, 0.1) is 17.7 Å². The summed E-state index contributed by atoms with van der Waals surface area (Å²) in [5.41, 5.74) is 2.62. The number of amides is 1. The Kier molecular flexibility index (Phi) is 4.70. The molecule has 0 radical (unpaired) electrons. The van der Waals surface area contributed by atoms with Crippen molar-refractivity contribution >= 4 is 11.6 Å². The number of likely N-dealkylation sites (tertiary alicyclic amines) is 1. The number of nitriles is 1. The van der Waals surface area contributed by atoms with Crippen molar-refractivity contribution in [3.63, 3.8) is 0 Å². The van der Waals surface area contributed by atoms with Crippen LogP contribution in [0.1, 0.15) is 24.0 Å². The molecule has 1 atom stereocenters. The molecule has 1 amide bonds. The highest BCUT2D eigenvalue weighted by Crippen LogP contribution is 2.22. The standard InChI is InChI=1S/C19H19N3O/c20-13-15-8-10-16(11-9-15)14-22-12-4-7-18(22)19(23)21-17-5-2-1-3-6-17/h1-3,5-6,8-11,18H,4,7,12,14H2,(H,21,23). The summed E-state index contributed by atoms with van der Waals surface area (Å²) < 4.78 is 0. The van der Waals surface area contributed by atoms with Crippen molar-refractivity contribution in [2.75, 3.05) is 11.9 Å². The summed E-state index contributed by atoms with van der Waals surface area (Å²) in [7, 11) is 0. The summed E-state index contributed by atoms with van der Waals surface area (Å²) in [6.45, 7) is 1.66. The number of hydrogen-bond donors (Lipinski definition) is 1. The summed E-state index contributed by atoms with van der Waals surface area (Å²) in [4.78, 5) is 14.7. The molecule has 4 heteroatoms. The van der Waals surface area contributed by atoms with Crippen molar-refractivity contribution in [1.82, 2.24) is 4.90 Å². The molecule has 1 heterocycles. The van der Waals surface area contributed by atoms with Crippen molar-refractivity contribution in [3.05, 3.63) is 65.7 Å². The third-order valence-electron chi connectivity index (χ3n) is 4.18. The summed E-state index contributed by atoms with van der Waals surface area (Å²) in [5, 5.41) is 11.8. The molecule has 0 aliphatic carbocycles. The molecule has 3 rings (SSSR count). The van der Waals surface area contributed by atoms with Crippen LogP contribution in [-0.4, -0.2) is 23.4 Å². The van der Waals surface area contributed by atoms with E-state index in [0.717, 1.165) is 37.2 Å². The van der Waals surface area contributed by atoms with Gasteiger partial charge in [0.1, 0.15) is 0 Å². The summed E-state index contributed by atoms with van der Waals surface area (Å²) in [6.07, 6.45) is 1.91. The number of benzene rings is 2. The van der Waals surface area contributed by atoms with E-state index in [0.29, 0.717) is 5.56 Å². The predicted octanol–water partition coefficient (Wildman–Crippen LogP) is 3.16. The van der Waals surface area contributed by atoms with Crippen molar-refractivity contribution in [2.45, 2.75) is 25.4 Å². The Hall–Kier alpha value is -2.64. The van der Waals surface area contributed by atoms with Gasteiger partial charge in [0.15, 0.2) is 0 Å². The molecule has 0 spiro atoms. The van der Waals surface area contributed by atoms with E-state index in [9.17, 15) is 4.79 Å². The number of nitrogens with zero attached hydrogens (tertiary/aromatic N) is 2. The highest BCUT2D eigenvalue weighted by Gasteiger charge is 2.30. The zero-order valence-corrected chi connectivity index (χ0v) is 12.9. The fourth-order valence-corrected chi connectivity index (χ4v) is 2.98. The second-order valence-electron chi connectivity index (χ2n) is 5.79. The number of nitrogens with one attached hydrogen (secondary N) is 1. The molecule has 2 aromatic rings. The van der Waals surface area contributed by atoms with Crippen LogP contribution in [0.3, 0.4) is 0 Å². The van der Waals surface area contributed by atoms with Gasteiger partial charge in [0.25, 0.3) is 0 Å². The number of carbonyl (C=O) groups is 1. The first kappa shape index (κ1) is 15.3. The Bertz CT molecular complexity index is 704. The molecular formula is C19H19N3O. The Labute approximate surface area is 136 Å². The number of rotatable bonds is 4. The Morgan fingerprint density at radius 3 is 2.61 bits per heavy atom. The molecule has 1 aliphatic heterocycles. The lowest BCUT2D eigenvalue weighted by atomic mass is 10.1. The molecule has 0 saturated carbocycles. The maximum atomic E-state index is 12.5. The SMILES string of the molecule is N#Cc1ccc(CN2CCCC2C(=O)Nc2ccccc2)cc1. The molecule has 0 bridgehead atoms. The van der Waals surface area contributed by atoms with Gasteiger partial charge in [0, 0.05) is 12.2 Å². The predicted molar refractivity (Wildman–Crippen MR) is 89.7 cm³/mol. The van der Waals surface area contributed by atoms with Gasteiger partial charge in [-0.05, 0) is 49.2 Å². The smallest absolute Gasteiger partial charge is 0.241 e. The van der Waals surface area contributed by atoms with Crippen LogP contribution in [0.4, 0.5) is 5.69 Å². The normalized spacial score (nSPS) is 17.6. The first-order chi connectivity index (χ1) is 11.3. The topological polar surface area (TPSA) is 56.1 Å². The lowest BCUT2D eigenvalue weighted by Crippen LogP contribution is -2.39. The Morgan fingerprint density at radius 1 is 1.17 bits per heavy atom. The molecule has 4 nitrogen and oxygen atoms in total. The summed E-state index contributed by atoms with van der Waals surface area (Å²) in [6, 6.07) is 19.2. The molecule has 2 aromatic carbocycles. The van der Waals surface area contributed by atoms with Crippen molar-refractivity contribution in [1.29, 1.82) is 5.26 Å². The van der Waals surface area contributed by atoms with Gasteiger partial charge in [-0.2, -0.15) is 5.26 Å². The van der Waals surface area contributed by atoms with Gasteiger partial charge < -0.3 is 5.32 Å². The maximum absolute atomic E-state index is 12.5. The second kappa shape index (κ2) is 7.08. The van der Waals surface area contributed by atoms with Gasteiger partial charge in [-0.25, -0.2) is 0 Å². The van der Waals surface area contributed by atoms with Crippen LogP contribution in [0.2, 0.25) is 0 Å². The fourth-order valence-electron chi connectivity index (χ4n) is 2.98. The van der Waals surface area contributed by atoms with Crippen molar-refractivity contribution < 1.29 is 4.79 Å². The molecule has 1 fully saturated rings. The molecule has 1 aliphatic rings. The van der Waals surface area contributed by atoms with E-state index in [-0.39, 0.29) is 11.9 Å². The quantitative estimate of drug-likeness (QED) is 0.944. The average molecular weight is 305 g/mol. The lowest BCUT2D eigenvalue weighted by molar-refractivity contribution is -0.120. The van der Waals surface area contributed by atoms with Crippen LogP contribution in [0, 0.1) is 11.3 Å². The minimum Gasteiger partial charge on any atom is -0.325 e. The van der Waals surface area contributed by atoms with Gasteiger partial charge in [0.2, 0.25) is 5.91 Å². The zero-order chi connectivity index (χ0) is 16.1. The van der Waals surface area contributed by atoms with Crippen LogP contribution in [-0.2, 0) is 11.3 Å². The molecule has 1 unspecified atom stereocenters. The highest BCUT2D eigenvalue weighted by molar-refractivity contribution is 5.94. The van der Waals surface area contributed by atoms with Crippen LogP contribution in [0.5, 0.6) is 0 Å². The van der Waals surface area contributed by atoms with Crippen molar-refractivity contribution in [3.8, 4) is 6.07 Å². The largest absolute Gasteiger partial charge is 0.325 e. The highest BCUT2D eigenvalue weighted by atomic mass is 16.2. The molecule has 116 valence electrons. The Morgan fingerprint density at radius 2 is 1.91 bits per heavy atom. The van der Waals surface area contributed by atoms with Crippen molar-refractivity contribution in [2.24, 2.45) is 0 Å². The minimum atomic E-state index is -0.0918. The minimum absolute atomic E-state index is 0.0577. The first-order valence-electron chi connectivity index (χ1n) is 7.85. The van der Waals surface area contributed by atoms with E-state index >= 15 is 0 Å². The molecule has 23 heavy (non-hydrogen) atoms. The first-order valence-corrected chi connectivity index (χ1v) is 7.85. The van der Waals surface area contributed by atoms with E-state index in [1.165, 1.54) is 0 Å². The maximum Gasteiger partial charge on any atom is 0.241 e. The van der Waals surface area contributed by atoms with Crippen LogP contribution < -0.4 is 5.32 Å². The monoisotopic (exact) mass is 305 g/mol. The second-order valence-corrected chi connectivity index (χ2v) is 5.79. The molecular weight excluding hydrogens is 286 g/mol. The zero-order valence-electron chi connectivity index (χ0n) is 12.9. The average Bonchev–Trinajstić information content (AvgIpc) is 3.05. The van der Waals surface area contributed by atoms with E-state index in [4.69, 9.17) is 5.26 Å². The molecule has 1 saturated heterocycles. The molecule has 0 aromatic heterocycles. The number of hydrogen-bond acceptors (Lipinski definition) is 3.